The minimum Gasteiger partial charge on any atom is -0.456 e. The summed E-state index contributed by atoms with van der Waals surface area (Å²) in [5.74, 6) is 0. The van der Waals surface area contributed by atoms with Gasteiger partial charge in [0, 0.05) is 20.6 Å². The summed E-state index contributed by atoms with van der Waals surface area (Å²) in [7, 11) is 0. The van der Waals surface area contributed by atoms with Crippen LogP contribution in [0.25, 0.3) is 60.6 Å². The summed E-state index contributed by atoms with van der Waals surface area (Å²) in [6, 6.07) is 38.4. The van der Waals surface area contributed by atoms with Gasteiger partial charge in [-0.05, 0) is 47.5 Å². The first-order chi connectivity index (χ1) is 16.3. The van der Waals surface area contributed by atoms with Crippen LogP contribution >= 0.6 is 15.9 Å². The number of nitrogens with zero attached hydrogens (tertiary/aromatic N) is 1. The highest BCUT2D eigenvalue weighted by atomic mass is 79.9. The summed E-state index contributed by atoms with van der Waals surface area (Å²) in [4.78, 5) is 0. The van der Waals surface area contributed by atoms with Crippen molar-refractivity contribution in [3.8, 4) is 16.8 Å². The molecule has 2 nitrogen and oxygen atoms in total. The molecule has 0 unspecified atom stereocenters. The Morgan fingerprint density at radius 3 is 2.21 bits per heavy atom. The van der Waals surface area contributed by atoms with E-state index in [1.54, 1.807) is 0 Å². The Hall–Kier alpha value is -3.82. The third-order valence-electron chi connectivity index (χ3n) is 6.48. The van der Waals surface area contributed by atoms with Crippen molar-refractivity contribution in [2.24, 2.45) is 0 Å². The first-order valence-electron chi connectivity index (χ1n) is 11.0. The lowest BCUT2D eigenvalue weighted by molar-refractivity contribution is 0.669. The molecule has 0 aliphatic rings. The number of fused-ring (bicyclic) bond motifs is 6. The zero-order valence-electron chi connectivity index (χ0n) is 17.6. The van der Waals surface area contributed by atoms with E-state index in [1.807, 2.05) is 18.2 Å². The van der Waals surface area contributed by atoms with Crippen molar-refractivity contribution in [1.82, 2.24) is 4.57 Å². The molecule has 0 radical (unpaired) electrons. The van der Waals surface area contributed by atoms with E-state index in [0.29, 0.717) is 0 Å². The average molecular weight is 488 g/mol. The molecule has 0 saturated heterocycles. The molecule has 0 amide bonds. The maximum absolute atomic E-state index is 6.20. The standard InChI is InChI=1S/C30H18BrNO/c31-24-11-4-1-8-20(24)19-16-17-22-21-9-2-5-12-25(21)32(27(22)18-19)26-13-7-15-29-30(26)23-10-3-6-14-28(23)33-29/h1-18H. The summed E-state index contributed by atoms with van der Waals surface area (Å²) in [5.41, 5.74) is 7.69. The Labute approximate surface area is 198 Å². The number of rotatable bonds is 2. The molecule has 0 spiro atoms. The zero-order chi connectivity index (χ0) is 21.9. The first-order valence-corrected chi connectivity index (χ1v) is 11.8. The maximum Gasteiger partial charge on any atom is 0.137 e. The molecule has 0 N–H and O–H groups in total. The fourth-order valence-electron chi connectivity index (χ4n) is 5.04. The largest absolute Gasteiger partial charge is 0.456 e. The highest BCUT2D eigenvalue weighted by Gasteiger charge is 2.18. The summed E-state index contributed by atoms with van der Waals surface area (Å²) < 4.78 is 9.68. The van der Waals surface area contributed by atoms with Gasteiger partial charge >= 0.3 is 0 Å². The van der Waals surface area contributed by atoms with E-state index in [9.17, 15) is 0 Å². The molecule has 33 heavy (non-hydrogen) atoms. The van der Waals surface area contributed by atoms with Crippen LogP contribution in [0.1, 0.15) is 0 Å². The lowest BCUT2D eigenvalue weighted by atomic mass is 10.0. The molecule has 0 saturated carbocycles. The monoisotopic (exact) mass is 487 g/mol. The number of aromatic nitrogens is 1. The maximum atomic E-state index is 6.20. The molecule has 0 bridgehead atoms. The second-order valence-corrected chi connectivity index (χ2v) is 9.17. The van der Waals surface area contributed by atoms with Crippen LogP contribution in [0.3, 0.4) is 0 Å². The molecule has 0 aliphatic heterocycles. The van der Waals surface area contributed by atoms with Crippen LogP contribution in [0.5, 0.6) is 0 Å². The fraction of sp³-hybridized carbons (Fsp3) is 0. The van der Waals surface area contributed by atoms with Gasteiger partial charge < -0.3 is 8.98 Å². The fourth-order valence-corrected chi connectivity index (χ4v) is 5.55. The molecule has 7 aromatic rings. The molecule has 0 atom stereocenters. The van der Waals surface area contributed by atoms with E-state index < -0.39 is 0 Å². The van der Waals surface area contributed by atoms with Gasteiger partial charge in [0.25, 0.3) is 0 Å². The van der Waals surface area contributed by atoms with Crippen LogP contribution in [-0.4, -0.2) is 4.57 Å². The first kappa shape index (κ1) is 18.7. The summed E-state index contributed by atoms with van der Waals surface area (Å²) >= 11 is 3.73. The third kappa shape index (κ3) is 2.73. The van der Waals surface area contributed by atoms with Crippen molar-refractivity contribution < 1.29 is 4.42 Å². The van der Waals surface area contributed by atoms with E-state index >= 15 is 0 Å². The van der Waals surface area contributed by atoms with Crippen LogP contribution in [0.2, 0.25) is 0 Å². The smallest absolute Gasteiger partial charge is 0.137 e. The topological polar surface area (TPSA) is 18.1 Å². The number of benzene rings is 5. The molecular weight excluding hydrogens is 470 g/mol. The number of hydrogen-bond acceptors (Lipinski definition) is 1. The predicted molar refractivity (Wildman–Crippen MR) is 141 cm³/mol. The lowest BCUT2D eigenvalue weighted by Crippen LogP contribution is -1.95. The SMILES string of the molecule is Brc1ccccc1-c1ccc2c3ccccc3n(-c3cccc4oc5ccccc5c34)c2c1. The van der Waals surface area contributed by atoms with Crippen molar-refractivity contribution in [2.75, 3.05) is 0 Å². The minimum atomic E-state index is 0.904. The number of para-hydroxylation sites is 2. The molecule has 2 aromatic heterocycles. The van der Waals surface area contributed by atoms with Gasteiger partial charge in [-0.15, -0.1) is 0 Å². The van der Waals surface area contributed by atoms with Gasteiger partial charge in [-0.2, -0.15) is 0 Å². The number of halogens is 1. The molecule has 5 aromatic carbocycles. The molecule has 3 heteroatoms. The molecule has 0 aliphatic carbocycles. The van der Waals surface area contributed by atoms with Gasteiger partial charge in [0.15, 0.2) is 0 Å². The van der Waals surface area contributed by atoms with E-state index in [0.717, 1.165) is 32.1 Å². The Bertz CT molecular complexity index is 1840. The number of hydrogen-bond donors (Lipinski definition) is 0. The van der Waals surface area contributed by atoms with Gasteiger partial charge in [-0.1, -0.05) is 88.7 Å². The van der Waals surface area contributed by atoms with Gasteiger partial charge in [-0.25, -0.2) is 0 Å². The van der Waals surface area contributed by atoms with Crippen LogP contribution in [0.4, 0.5) is 0 Å². The third-order valence-corrected chi connectivity index (χ3v) is 7.17. The van der Waals surface area contributed by atoms with Gasteiger partial charge in [0.1, 0.15) is 11.2 Å². The normalized spacial score (nSPS) is 11.8. The number of furan rings is 1. The molecule has 0 fully saturated rings. The lowest BCUT2D eigenvalue weighted by Gasteiger charge is -2.11. The van der Waals surface area contributed by atoms with Gasteiger partial charge in [0.2, 0.25) is 0 Å². The van der Waals surface area contributed by atoms with Crippen LogP contribution in [0.15, 0.2) is 118 Å². The van der Waals surface area contributed by atoms with Crippen molar-refractivity contribution in [3.05, 3.63) is 114 Å². The average Bonchev–Trinajstić information content (AvgIpc) is 3.40. The molecule has 156 valence electrons. The van der Waals surface area contributed by atoms with Crippen molar-refractivity contribution in [3.63, 3.8) is 0 Å². The van der Waals surface area contributed by atoms with E-state index in [1.165, 1.54) is 32.9 Å². The van der Waals surface area contributed by atoms with Crippen molar-refractivity contribution in [1.29, 1.82) is 0 Å². The Kier molecular flexibility index (Phi) is 4.02. The Morgan fingerprint density at radius 2 is 1.30 bits per heavy atom. The second kappa shape index (κ2) is 7.09. The minimum absolute atomic E-state index is 0.904. The van der Waals surface area contributed by atoms with Crippen LogP contribution in [0, 0.1) is 0 Å². The highest BCUT2D eigenvalue weighted by molar-refractivity contribution is 9.10. The van der Waals surface area contributed by atoms with Crippen molar-refractivity contribution >= 4 is 59.7 Å². The highest BCUT2D eigenvalue weighted by Crippen LogP contribution is 2.40. The van der Waals surface area contributed by atoms with E-state index in [-0.39, 0.29) is 0 Å². The predicted octanol–water partition coefficient (Wildman–Crippen LogP) is 9.11. The Morgan fingerprint density at radius 1 is 0.576 bits per heavy atom. The second-order valence-electron chi connectivity index (χ2n) is 8.31. The van der Waals surface area contributed by atoms with Crippen molar-refractivity contribution in [2.45, 2.75) is 0 Å². The summed E-state index contributed by atoms with van der Waals surface area (Å²) in [6.07, 6.45) is 0. The zero-order valence-corrected chi connectivity index (χ0v) is 19.2. The quantitative estimate of drug-likeness (QED) is 0.237. The molecule has 2 heterocycles. The van der Waals surface area contributed by atoms with Gasteiger partial charge in [0.05, 0.1) is 22.1 Å². The summed E-state index contributed by atoms with van der Waals surface area (Å²) in [6.45, 7) is 0. The van der Waals surface area contributed by atoms with Crippen LogP contribution < -0.4 is 0 Å². The molecule has 7 rings (SSSR count). The molecular formula is C30H18BrNO. The van der Waals surface area contributed by atoms with E-state index in [4.69, 9.17) is 4.42 Å². The summed E-state index contributed by atoms with van der Waals surface area (Å²) in [5, 5.41) is 4.76. The van der Waals surface area contributed by atoms with E-state index in [2.05, 4.69) is 111 Å². The van der Waals surface area contributed by atoms with Crippen LogP contribution in [-0.2, 0) is 0 Å². The van der Waals surface area contributed by atoms with Gasteiger partial charge in [-0.3, -0.25) is 0 Å². The Balaban J connectivity index is 1.64.